The van der Waals surface area contributed by atoms with Crippen molar-refractivity contribution in [3.8, 4) is 5.75 Å². The van der Waals surface area contributed by atoms with Crippen molar-refractivity contribution in [2.45, 2.75) is 0 Å². The number of guanidine groups is 1. The molecular formula is C19H14N6O7. The number of anilines is 1. The smallest absolute Gasteiger partial charge is 0.328 e. The zero-order valence-corrected chi connectivity index (χ0v) is 16.1. The Morgan fingerprint density at radius 1 is 0.812 bits per heavy atom. The summed E-state index contributed by atoms with van der Waals surface area (Å²) in [5.41, 5.74) is 3.91. The Morgan fingerprint density at radius 3 is 1.78 bits per heavy atom. The van der Waals surface area contributed by atoms with Crippen LogP contribution in [0.25, 0.3) is 0 Å². The average molecular weight is 438 g/mol. The highest BCUT2D eigenvalue weighted by Gasteiger charge is 2.35. The fourth-order valence-corrected chi connectivity index (χ4v) is 2.62. The number of para-hydroxylation sites is 2. The monoisotopic (exact) mass is 438 g/mol. The number of benzene rings is 3. The predicted octanol–water partition coefficient (Wildman–Crippen LogP) is 3.86. The quantitative estimate of drug-likeness (QED) is 0.248. The van der Waals surface area contributed by atoms with Crippen LogP contribution in [0.2, 0.25) is 0 Å². The van der Waals surface area contributed by atoms with E-state index >= 15 is 0 Å². The fourth-order valence-electron chi connectivity index (χ4n) is 2.62. The van der Waals surface area contributed by atoms with E-state index < -0.39 is 37.6 Å². The van der Waals surface area contributed by atoms with Gasteiger partial charge in [0.1, 0.15) is 0 Å². The van der Waals surface area contributed by atoms with Crippen LogP contribution in [0.1, 0.15) is 0 Å². The molecule has 32 heavy (non-hydrogen) atoms. The molecule has 0 saturated carbocycles. The molecule has 0 aromatic heterocycles. The molecule has 0 spiro atoms. The summed E-state index contributed by atoms with van der Waals surface area (Å²) in [6.45, 7) is 0. The van der Waals surface area contributed by atoms with Gasteiger partial charge in [0.15, 0.2) is 0 Å². The van der Waals surface area contributed by atoms with E-state index in [1.165, 1.54) is 12.1 Å². The molecule has 0 aliphatic heterocycles. The van der Waals surface area contributed by atoms with E-state index in [4.69, 9.17) is 10.6 Å². The number of aliphatic imine (C=N–C) groups is 1. The van der Waals surface area contributed by atoms with Gasteiger partial charge in [-0.2, -0.15) is 0 Å². The van der Waals surface area contributed by atoms with Crippen molar-refractivity contribution in [1.82, 2.24) is 0 Å². The van der Waals surface area contributed by atoms with Gasteiger partial charge in [-0.25, -0.2) is 4.99 Å². The van der Waals surface area contributed by atoms with E-state index in [0.717, 1.165) is 5.06 Å². The first kappa shape index (κ1) is 21.6. The molecule has 0 radical (unpaired) electrons. The molecule has 0 fully saturated rings. The van der Waals surface area contributed by atoms with Crippen molar-refractivity contribution in [3.05, 3.63) is 103 Å². The van der Waals surface area contributed by atoms with E-state index in [0.29, 0.717) is 17.8 Å². The second kappa shape index (κ2) is 9.17. The van der Waals surface area contributed by atoms with Gasteiger partial charge in [-0.1, -0.05) is 36.4 Å². The summed E-state index contributed by atoms with van der Waals surface area (Å²) in [6, 6.07) is 17.5. The molecule has 0 saturated heterocycles. The maximum absolute atomic E-state index is 11.6. The van der Waals surface area contributed by atoms with Crippen LogP contribution in [0.3, 0.4) is 0 Å². The van der Waals surface area contributed by atoms with Crippen molar-refractivity contribution < 1.29 is 19.6 Å². The summed E-state index contributed by atoms with van der Waals surface area (Å²) in [5, 5.41) is 35.0. The van der Waals surface area contributed by atoms with Crippen LogP contribution >= 0.6 is 0 Å². The first-order chi connectivity index (χ1) is 15.3. The molecule has 0 aliphatic rings. The molecule has 13 heteroatoms. The number of nitro groups is 3. The van der Waals surface area contributed by atoms with Gasteiger partial charge in [0.2, 0.25) is 5.96 Å². The van der Waals surface area contributed by atoms with Crippen molar-refractivity contribution in [3.63, 3.8) is 0 Å². The Labute approximate surface area is 179 Å². The third-order valence-electron chi connectivity index (χ3n) is 4.02. The van der Waals surface area contributed by atoms with Crippen LogP contribution in [-0.4, -0.2) is 20.7 Å². The van der Waals surface area contributed by atoms with Gasteiger partial charge < -0.3 is 10.6 Å². The topological polar surface area (TPSA) is 180 Å². The van der Waals surface area contributed by atoms with Crippen molar-refractivity contribution in [2.75, 3.05) is 5.06 Å². The molecule has 13 nitrogen and oxygen atoms in total. The lowest BCUT2D eigenvalue weighted by Gasteiger charge is -2.22. The summed E-state index contributed by atoms with van der Waals surface area (Å²) in [7, 11) is 0. The van der Waals surface area contributed by atoms with Gasteiger partial charge in [-0.05, 0) is 24.3 Å². The van der Waals surface area contributed by atoms with Crippen LogP contribution in [-0.2, 0) is 0 Å². The van der Waals surface area contributed by atoms with Crippen LogP contribution < -0.4 is 15.6 Å². The summed E-state index contributed by atoms with van der Waals surface area (Å²) in [5.74, 6) is -1.15. The minimum Gasteiger partial charge on any atom is -0.367 e. The highest BCUT2D eigenvalue weighted by Crippen LogP contribution is 2.41. The standard InChI is InChI=1S/C19H14N6O7/c20-19(21-13-7-3-1-4-8-13)22(14-9-5-2-6-10-14)32-18-16(24(28)29)11-15(23(26)27)12-17(18)25(30)31/h1-12H,(H2,20,21). The molecule has 3 aromatic rings. The Kier molecular flexibility index (Phi) is 6.20. The lowest BCUT2D eigenvalue weighted by molar-refractivity contribution is -0.404. The molecule has 2 N–H and O–H groups in total. The number of nitrogens with zero attached hydrogens (tertiary/aromatic N) is 5. The molecule has 0 heterocycles. The normalized spacial score (nSPS) is 10.9. The number of nitro benzene ring substituents is 3. The molecule has 3 aromatic carbocycles. The molecule has 0 amide bonds. The Morgan fingerprint density at radius 2 is 1.31 bits per heavy atom. The summed E-state index contributed by atoms with van der Waals surface area (Å²) in [4.78, 5) is 40.9. The van der Waals surface area contributed by atoms with Gasteiger partial charge in [0, 0.05) is 0 Å². The zero-order chi connectivity index (χ0) is 23.3. The number of hydroxylamine groups is 1. The van der Waals surface area contributed by atoms with E-state index in [1.807, 2.05) is 0 Å². The van der Waals surface area contributed by atoms with Gasteiger partial charge in [0.05, 0.1) is 38.3 Å². The van der Waals surface area contributed by atoms with Crippen molar-refractivity contribution >= 4 is 34.4 Å². The van der Waals surface area contributed by atoms with E-state index in [9.17, 15) is 30.3 Å². The van der Waals surface area contributed by atoms with Crippen LogP contribution in [0.4, 0.5) is 28.4 Å². The number of non-ortho nitro benzene ring substituents is 1. The minimum absolute atomic E-state index is 0.242. The Bertz CT molecular complexity index is 1170. The molecule has 0 unspecified atom stereocenters. The van der Waals surface area contributed by atoms with Crippen molar-refractivity contribution in [2.24, 2.45) is 10.7 Å². The first-order valence-electron chi connectivity index (χ1n) is 8.81. The highest BCUT2D eigenvalue weighted by molar-refractivity contribution is 5.95. The summed E-state index contributed by atoms with van der Waals surface area (Å²) in [6.07, 6.45) is 0. The summed E-state index contributed by atoms with van der Waals surface area (Å²) >= 11 is 0. The largest absolute Gasteiger partial charge is 0.367 e. The van der Waals surface area contributed by atoms with Crippen LogP contribution in [0.5, 0.6) is 5.75 Å². The molecular weight excluding hydrogens is 424 g/mol. The molecule has 0 atom stereocenters. The second-order valence-electron chi connectivity index (χ2n) is 6.11. The number of hydrogen-bond acceptors (Lipinski definition) is 8. The second-order valence-corrected chi connectivity index (χ2v) is 6.11. The SMILES string of the molecule is NC(=Nc1ccccc1)N(Oc1c([N+](=O)[O-])cc([N+](=O)[O-])cc1[N+](=O)[O-])c1ccccc1. The predicted molar refractivity (Wildman–Crippen MR) is 114 cm³/mol. The number of rotatable bonds is 7. The molecule has 0 aliphatic carbocycles. The number of hydrogen-bond donors (Lipinski definition) is 1. The first-order valence-corrected chi connectivity index (χ1v) is 8.81. The van der Waals surface area contributed by atoms with E-state index in [-0.39, 0.29) is 11.6 Å². The highest BCUT2D eigenvalue weighted by atomic mass is 16.7. The fraction of sp³-hybridized carbons (Fsp3) is 0. The van der Waals surface area contributed by atoms with Crippen LogP contribution in [0.15, 0.2) is 77.8 Å². The third-order valence-corrected chi connectivity index (χ3v) is 4.02. The van der Waals surface area contributed by atoms with Gasteiger partial charge in [-0.3, -0.25) is 30.3 Å². The third kappa shape index (κ3) is 4.73. The average Bonchev–Trinajstić information content (AvgIpc) is 2.77. The van der Waals surface area contributed by atoms with Crippen molar-refractivity contribution in [1.29, 1.82) is 0 Å². The Hall–Kier alpha value is -5.07. The lowest BCUT2D eigenvalue weighted by atomic mass is 10.2. The zero-order valence-electron chi connectivity index (χ0n) is 16.1. The van der Waals surface area contributed by atoms with E-state index in [2.05, 4.69) is 4.99 Å². The Balaban J connectivity index is 2.18. The van der Waals surface area contributed by atoms with Gasteiger partial charge in [-0.15, -0.1) is 5.06 Å². The van der Waals surface area contributed by atoms with E-state index in [1.54, 1.807) is 48.5 Å². The maximum atomic E-state index is 11.6. The molecule has 3 rings (SSSR count). The van der Waals surface area contributed by atoms with Gasteiger partial charge in [0.25, 0.3) is 5.69 Å². The molecule has 0 bridgehead atoms. The number of nitrogens with two attached hydrogens (primary N) is 1. The van der Waals surface area contributed by atoms with Crippen LogP contribution in [0, 0.1) is 30.3 Å². The lowest BCUT2D eigenvalue weighted by Crippen LogP contribution is -2.40. The summed E-state index contributed by atoms with van der Waals surface area (Å²) < 4.78 is 0. The minimum atomic E-state index is -1.02. The van der Waals surface area contributed by atoms with Gasteiger partial charge >= 0.3 is 17.1 Å². The maximum Gasteiger partial charge on any atom is 0.328 e. The molecule has 162 valence electrons.